The fourth-order valence-electron chi connectivity index (χ4n) is 1.20. The largest absolute Gasteiger partial charge is 0.472 e. The first kappa shape index (κ1) is 9.74. The monoisotopic (exact) mass is 219 g/mol. The zero-order valence-electron chi connectivity index (χ0n) is 8.15. The summed E-state index contributed by atoms with van der Waals surface area (Å²) in [6, 6.07) is 4.02. The van der Waals surface area contributed by atoms with Crippen LogP contribution in [0.1, 0.15) is 16.8 Å². The average molecular weight is 219 g/mol. The molecule has 2 heterocycles. The molecule has 0 unspecified atom stereocenters. The summed E-state index contributed by atoms with van der Waals surface area (Å²) in [4.78, 5) is 0. The second-order valence-corrected chi connectivity index (χ2v) is 3.84. The number of hydrogen-bond acceptors (Lipinski definition) is 5. The van der Waals surface area contributed by atoms with Gasteiger partial charge < -0.3 is 9.73 Å². The Morgan fingerprint density at radius 3 is 3.20 bits per heavy atom. The molecule has 15 heavy (non-hydrogen) atoms. The van der Waals surface area contributed by atoms with Crippen molar-refractivity contribution in [2.45, 2.75) is 13.5 Å². The molecule has 0 aromatic carbocycles. The van der Waals surface area contributed by atoms with Gasteiger partial charge in [-0.3, -0.25) is 0 Å². The van der Waals surface area contributed by atoms with Crippen molar-refractivity contribution in [3.8, 4) is 6.07 Å². The fraction of sp³-hybridized carbons (Fsp3) is 0.200. The molecule has 2 aromatic rings. The number of aromatic nitrogens is 1. The van der Waals surface area contributed by atoms with Crippen molar-refractivity contribution in [2.75, 3.05) is 5.32 Å². The van der Waals surface area contributed by atoms with Crippen molar-refractivity contribution < 1.29 is 4.42 Å². The maximum atomic E-state index is 8.90. The van der Waals surface area contributed by atoms with E-state index in [1.165, 1.54) is 11.5 Å². The first-order valence-corrected chi connectivity index (χ1v) is 5.20. The van der Waals surface area contributed by atoms with Crippen molar-refractivity contribution >= 4 is 16.5 Å². The van der Waals surface area contributed by atoms with Gasteiger partial charge in [0.2, 0.25) is 0 Å². The molecular weight excluding hydrogens is 210 g/mol. The summed E-state index contributed by atoms with van der Waals surface area (Å²) in [5.41, 5.74) is 2.45. The van der Waals surface area contributed by atoms with Gasteiger partial charge in [0.1, 0.15) is 16.6 Å². The molecule has 0 atom stereocenters. The minimum absolute atomic E-state index is 0.628. The maximum Gasteiger partial charge on any atom is 0.127 e. The third-order valence-corrected chi connectivity index (χ3v) is 2.90. The fourth-order valence-corrected chi connectivity index (χ4v) is 1.94. The second kappa shape index (κ2) is 4.15. The number of nitrogens with one attached hydrogen (secondary N) is 1. The molecule has 0 aliphatic heterocycles. The van der Waals surface area contributed by atoms with Crippen molar-refractivity contribution in [3.05, 3.63) is 35.4 Å². The van der Waals surface area contributed by atoms with Gasteiger partial charge in [-0.15, -0.1) is 0 Å². The highest BCUT2D eigenvalue weighted by atomic mass is 32.1. The van der Waals surface area contributed by atoms with Crippen molar-refractivity contribution in [3.63, 3.8) is 0 Å². The highest BCUT2D eigenvalue weighted by Crippen LogP contribution is 2.23. The molecule has 4 nitrogen and oxygen atoms in total. The standard InChI is InChI=1S/C10H9N3OS/c1-7-9(4-11)10(15-13-7)12-5-8-2-3-14-6-8/h2-3,6,12H,5H2,1H3. The lowest BCUT2D eigenvalue weighted by molar-refractivity contribution is 0.564. The smallest absolute Gasteiger partial charge is 0.127 e. The summed E-state index contributed by atoms with van der Waals surface area (Å²) in [5, 5.41) is 12.9. The number of anilines is 1. The van der Waals surface area contributed by atoms with E-state index in [-0.39, 0.29) is 0 Å². The number of nitriles is 1. The van der Waals surface area contributed by atoms with Gasteiger partial charge in [0.25, 0.3) is 0 Å². The lowest BCUT2D eigenvalue weighted by atomic mass is 10.2. The third kappa shape index (κ3) is 2.00. The average Bonchev–Trinajstić information content (AvgIpc) is 2.84. The molecule has 0 saturated carbocycles. The van der Waals surface area contributed by atoms with Gasteiger partial charge >= 0.3 is 0 Å². The molecular formula is C10H9N3OS. The zero-order chi connectivity index (χ0) is 10.7. The van der Waals surface area contributed by atoms with Crippen LogP contribution in [0.25, 0.3) is 0 Å². The predicted molar refractivity (Wildman–Crippen MR) is 57.6 cm³/mol. The van der Waals surface area contributed by atoms with Gasteiger partial charge in [0.15, 0.2) is 0 Å². The Morgan fingerprint density at radius 1 is 1.67 bits per heavy atom. The summed E-state index contributed by atoms with van der Waals surface area (Å²) in [6.07, 6.45) is 3.30. The zero-order valence-corrected chi connectivity index (χ0v) is 8.97. The molecule has 2 rings (SSSR count). The highest BCUT2D eigenvalue weighted by Gasteiger charge is 2.09. The maximum absolute atomic E-state index is 8.90. The molecule has 0 bridgehead atoms. The molecule has 76 valence electrons. The lowest BCUT2D eigenvalue weighted by Gasteiger charge is -2.00. The van der Waals surface area contributed by atoms with Gasteiger partial charge in [0, 0.05) is 12.1 Å². The van der Waals surface area contributed by atoms with Crippen LogP contribution in [0.15, 0.2) is 23.0 Å². The summed E-state index contributed by atoms with van der Waals surface area (Å²) < 4.78 is 9.07. The SMILES string of the molecule is Cc1nsc(NCc2ccoc2)c1C#N. The van der Waals surface area contributed by atoms with E-state index in [0.29, 0.717) is 12.1 Å². The first-order chi connectivity index (χ1) is 7.31. The number of rotatable bonds is 3. The van der Waals surface area contributed by atoms with Crippen molar-refractivity contribution in [2.24, 2.45) is 0 Å². The Kier molecular flexibility index (Phi) is 2.70. The molecule has 0 saturated heterocycles. The van der Waals surface area contributed by atoms with Gasteiger partial charge in [-0.2, -0.15) is 9.64 Å². The number of furan rings is 1. The molecule has 0 fully saturated rings. The van der Waals surface area contributed by atoms with Gasteiger partial charge in [-0.1, -0.05) is 0 Å². The van der Waals surface area contributed by atoms with Crippen LogP contribution in [0.5, 0.6) is 0 Å². The van der Waals surface area contributed by atoms with Gasteiger partial charge in [-0.05, 0) is 24.5 Å². The molecule has 0 aliphatic rings. The van der Waals surface area contributed by atoms with E-state index in [0.717, 1.165) is 16.3 Å². The van der Waals surface area contributed by atoms with E-state index >= 15 is 0 Å². The minimum atomic E-state index is 0.628. The van der Waals surface area contributed by atoms with Crippen molar-refractivity contribution in [1.29, 1.82) is 5.26 Å². The summed E-state index contributed by atoms with van der Waals surface area (Å²) in [5.74, 6) is 0. The minimum Gasteiger partial charge on any atom is -0.472 e. The van der Waals surface area contributed by atoms with Crippen LogP contribution in [0, 0.1) is 18.3 Å². The van der Waals surface area contributed by atoms with E-state index in [4.69, 9.17) is 9.68 Å². The van der Waals surface area contributed by atoms with Crippen LogP contribution in [-0.4, -0.2) is 4.37 Å². The molecule has 5 heteroatoms. The van der Waals surface area contributed by atoms with Crippen molar-refractivity contribution in [1.82, 2.24) is 4.37 Å². The molecule has 0 radical (unpaired) electrons. The Morgan fingerprint density at radius 2 is 2.53 bits per heavy atom. The van der Waals surface area contributed by atoms with Gasteiger partial charge in [-0.25, -0.2) is 0 Å². The van der Waals surface area contributed by atoms with Crippen LogP contribution < -0.4 is 5.32 Å². The number of hydrogen-bond donors (Lipinski definition) is 1. The quantitative estimate of drug-likeness (QED) is 0.861. The summed E-state index contributed by atoms with van der Waals surface area (Å²) >= 11 is 1.31. The lowest BCUT2D eigenvalue weighted by Crippen LogP contribution is -1.97. The predicted octanol–water partition coefficient (Wildman–Crippen LogP) is 2.53. The van der Waals surface area contributed by atoms with E-state index in [9.17, 15) is 0 Å². The van der Waals surface area contributed by atoms with E-state index in [1.54, 1.807) is 12.5 Å². The first-order valence-electron chi connectivity index (χ1n) is 4.42. The van der Waals surface area contributed by atoms with Crippen LogP contribution in [-0.2, 0) is 6.54 Å². The Balaban J connectivity index is 2.09. The molecule has 2 aromatic heterocycles. The molecule has 0 amide bonds. The van der Waals surface area contributed by atoms with Gasteiger partial charge in [0.05, 0.1) is 18.2 Å². The summed E-state index contributed by atoms with van der Waals surface area (Å²) in [7, 11) is 0. The van der Waals surface area contributed by atoms with E-state index in [1.807, 2.05) is 13.0 Å². The van der Waals surface area contributed by atoms with Crippen LogP contribution in [0.4, 0.5) is 5.00 Å². The number of nitrogens with zero attached hydrogens (tertiary/aromatic N) is 2. The Hall–Kier alpha value is -1.80. The molecule has 0 spiro atoms. The van der Waals surface area contributed by atoms with E-state index < -0.39 is 0 Å². The molecule has 1 N–H and O–H groups in total. The van der Waals surface area contributed by atoms with Crippen LogP contribution in [0.3, 0.4) is 0 Å². The topological polar surface area (TPSA) is 61.9 Å². The normalized spacial score (nSPS) is 9.87. The number of aryl methyl sites for hydroxylation is 1. The van der Waals surface area contributed by atoms with Crippen LogP contribution >= 0.6 is 11.5 Å². The Bertz CT molecular complexity index is 481. The molecule has 0 aliphatic carbocycles. The second-order valence-electron chi connectivity index (χ2n) is 3.07. The van der Waals surface area contributed by atoms with E-state index in [2.05, 4.69) is 15.8 Å². The third-order valence-electron chi connectivity index (χ3n) is 2.01. The highest BCUT2D eigenvalue weighted by molar-refractivity contribution is 7.10. The summed E-state index contributed by atoms with van der Waals surface area (Å²) in [6.45, 7) is 2.48. The Labute approximate surface area is 91.3 Å². The van der Waals surface area contributed by atoms with Crippen LogP contribution in [0.2, 0.25) is 0 Å².